The number of amides is 1. The van der Waals surface area contributed by atoms with Crippen LogP contribution in [0.1, 0.15) is 32.4 Å². The smallest absolute Gasteiger partial charge is 0.222 e. The summed E-state index contributed by atoms with van der Waals surface area (Å²) in [6.45, 7) is 7.47. The van der Waals surface area contributed by atoms with Gasteiger partial charge in [-0.2, -0.15) is 5.10 Å². The number of carbonyl (C=O) groups excluding carboxylic acids is 1. The molecule has 128 valence electrons. The Labute approximate surface area is 142 Å². The highest BCUT2D eigenvalue weighted by Gasteiger charge is 2.23. The largest absolute Gasteiger partial charge is 0.353 e. The van der Waals surface area contributed by atoms with E-state index >= 15 is 0 Å². The van der Waals surface area contributed by atoms with Gasteiger partial charge in [0.25, 0.3) is 0 Å². The molecule has 0 saturated carbocycles. The van der Waals surface area contributed by atoms with Crippen molar-refractivity contribution in [2.45, 2.75) is 39.7 Å². The Morgan fingerprint density at radius 2 is 2.00 bits per heavy atom. The Morgan fingerprint density at radius 3 is 2.62 bits per heavy atom. The van der Waals surface area contributed by atoms with Gasteiger partial charge in [-0.3, -0.25) is 4.79 Å². The summed E-state index contributed by atoms with van der Waals surface area (Å²) in [7, 11) is 0. The normalized spacial score (nSPS) is 18.0. The SMILES string of the molecule is Cc1ccn(-c2ccc(N3CCCC(NC(=O)C(C)C)C3)nn2)n1. The number of nitrogens with one attached hydrogen (secondary N) is 1. The molecule has 0 aliphatic carbocycles. The van der Waals surface area contributed by atoms with Crippen LogP contribution in [0.25, 0.3) is 5.82 Å². The monoisotopic (exact) mass is 328 g/mol. The molecule has 3 heterocycles. The first-order valence-corrected chi connectivity index (χ1v) is 8.44. The Kier molecular flexibility index (Phi) is 4.78. The fourth-order valence-electron chi connectivity index (χ4n) is 2.82. The number of anilines is 1. The summed E-state index contributed by atoms with van der Waals surface area (Å²) < 4.78 is 1.72. The highest BCUT2D eigenvalue weighted by atomic mass is 16.1. The van der Waals surface area contributed by atoms with Crippen LogP contribution in [0.15, 0.2) is 24.4 Å². The Hall–Kier alpha value is -2.44. The molecule has 1 amide bonds. The molecular formula is C17H24N6O. The van der Waals surface area contributed by atoms with Crippen molar-refractivity contribution in [1.82, 2.24) is 25.3 Å². The van der Waals surface area contributed by atoms with E-state index in [-0.39, 0.29) is 17.9 Å². The second kappa shape index (κ2) is 6.98. The minimum atomic E-state index is 0.0111. The molecule has 1 atom stereocenters. The minimum Gasteiger partial charge on any atom is -0.353 e. The van der Waals surface area contributed by atoms with Gasteiger partial charge in [0, 0.05) is 31.2 Å². The van der Waals surface area contributed by atoms with Crippen LogP contribution in [0, 0.1) is 12.8 Å². The van der Waals surface area contributed by atoms with Crippen LogP contribution in [0.4, 0.5) is 5.82 Å². The Balaban J connectivity index is 1.66. The number of aryl methyl sites for hydroxylation is 1. The molecule has 1 N–H and O–H groups in total. The molecule has 2 aromatic heterocycles. The summed E-state index contributed by atoms with van der Waals surface area (Å²) in [4.78, 5) is 14.1. The summed E-state index contributed by atoms with van der Waals surface area (Å²) in [5.74, 6) is 1.66. The molecule has 24 heavy (non-hydrogen) atoms. The molecule has 7 nitrogen and oxygen atoms in total. The van der Waals surface area contributed by atoms with E-state index in [1.165, 1.54) is 0 Å². The van der Waals surface area contributed by atoms with Crippen LogP contribution in [0.5, 0.6) is 0 Å². The van der Waals surface area contributed by atoms with Crippen molar-refractivity contribution < 1.29 is 4.79 Å². The van der Waals surface area contributed by atoms with Gasteiger partial charge in [0.1, 0.15) is 0 Å². The van der Waals surface area contributed by atoms with Gasteiger partial charge < -0.3 is 10.2 Å². The van der Waals surface area contributed by atoms with Crippen LogP contribution in [-0.2, 0) is 4.79 Å². The molecule has 1 unspecified atom stereocenters. The maximum atomic E-state index is 11.9. The first-order valence-electron chi connectivity index (χ1n) is 8.44. The van der Waals surface area contributed by atoms with E-state index in [2.05, 4.69) is 25.5 Å². The zero-order valence-corrected chi connectivity index (χ0v) is 14.4. The van der Waals surface area contributed by atoms with Gasteiger partial charge in [-0.05, 0) is 38.0 Å². The number of hydrogen-bond donors (Lipinski definition) is 1. The lowest BCUT2D eigenvalue weighted by molar-refractivity contribution is -0.124. The van der Waals surface area contributed by atoms with Crippen molar-refractivity contribution in [2.24, 2.45) is 5.92 Å². The first-order chi connectivity index (χ1) is 11.5. The highest BCUT2D eigenvalue weighted by molar-refractivity contribution is 5.78. The van der Waals surface area contributed by atoms with Gasteiger partial charge in [-0.1, -0.05) is 13.8 Å². The van der Waals surface area contributed by atoms with Crippen LogP contribution in [-0.4, -0.2) is 45.0 Å². The summed E-state index contributed by atoms with van der Waals surface area (Å²) in [6, 6.07) is 5.99. The van der Waals surface area contributed by atoms with Crippen LogP contribution in [0.2, 0.25) is 0 Å². The lowest BCUT2D eigenvalue weighted by atomic mass is 10.0. The molecule has 0 radical (unpaired) electrons. The molecule has 0 aromatic carbocycles. The Bertz CT molecular complexity index is 693. The van der Waals surface area contributed by atoms with Gasteiger partial charge in [-0.15, -0.1) is 10.2 Å². The molecule has 0 spiro atoms. The molecule has 1 fully saturated rings. The van der Waals surface area contributed by atoms with E-state index in [1.54, 1.807) is 4.68 Å². The molecule has 7 heteroatoms. The number of carbonyl (C=O) groups is 1. The van der Waals surface area contributed by atoms with Crippen molar-refractivity contribution in [2.75, 3.05) is 18.0 Å². The number of piperidine rings is 1. The fourth-order valence-corrected chi connectivity index (χ4v) is 2.82. The van der Waals surface area contributed by atoms with Crippen molar-refractivity contribution in [3.63, 3.8) is 0 Å². The molecule has 2 aromatic rings. The van der Waals surface area contributed by atoms with Crippen molar-refractivity contribution in [3.8, 4) is 5.82 Å². The average molecular weight is 328 g/mol. The zero-order valence-electron chi connectivity index (χ0n) is 14.4. The lowest BCUT2D eigenvalue weighted by Gasteiger charge is -2.34. The summed E-state index contributed by atoms with van der Waals surface area (Å²) in [5, 5.41) is 16.1. The quantitative estimate of drug-likeness (QED) is 0.925. The summed E-state index contributed by atoms with van der Waals surface area (Å²) >= 11 is 0. The zero-order chi connectivity index (χ0) is 17.1. The third-order valence-corrected chi connectivity index (χ3v) is 4.21. The van der Waals surface area contributed by atoms with E-state index in [4.69, 9.17) is 0 Å². The van der Waals surface area contributed by atoms with E-state index in [9.17, 15) is 4.79 Å². The molecule has 1 aliphatic heterocycles. The number of aromatic nitrogens is 4. The topological polar surface area (TPSA) is 75.9 Å². The fraction of sp³-hybridized carbons (Fsp3) is 0.529. The average Bonchev–Trinajstić information content (AvgIpc) is 3.01. The molecule has 0 bridgehead atoms. The maximum absolute atomic E-state index is 11.9. The summed E-state index contributed by atoms with van der Waals surface area (Å²) in [5.41, 5.74) is 0.945. The minimum absolute atomic E-state index is 0.0111. The Morgan fingerprint density at radius 1 is 1.25 bits per heavy atom. The van der Waals surface area contributed by atoms with Crippen LogP contribution < -0.4 is 10.2 Å². The standard InChI is InChI=1S/C17H24N6O/c1-12(2)17(24)18-14-5-4-9-22(11-14)15-6-7-16(20-19-15)23-10-8-13(3)21-23/h6-8,10,12,14H,4-5,9,11H2,1-3H3,(H,18,24). The van der Waals surface area contributed by atoms with Gasteiger partial charge in [0.2, 0.25) is 5.91 Å². The first kappa shape index (κ1) is 16.4. The summed E-state index contributed by atoms with van der Waals surface area (Å²) in [6.07, 6.45) is 3.91. The highest BCUT2D eigenvalue weighted by Crippen LogP contribution is 2.18. The van der Waals surface area contributed by atoms with Gasteiger partial charge >= 0.3 is 0 Å². The number of hydrogen-bond acceptors (Lipinski definition) is 5. The van der Waals surface area contributed by atoms with Gasteiger partial charge in [0.05, 0.1) is 5.69 Å². The maximum Gasteiger partial charge on any atom is 0.222 e. The van der Waals surface area contributed by atoms with Gasteiger partial charge in [0.15, 0.2) is 11.6 Å². The second-order valence-corrected chi connectivity index (χ2v) is 6.60. The molecule has 1 aliphatic rings. The molecular weight excluding hydrogens is 304 g/mol. The van der Waals surface area contributed by atoms with Crippen molar-refractivity contribution >= 4 is 11.7 Å². The number of nitrogens with zero attached hydrogens (tertiary/aromatic N) is 5. The van der Waals surface area contributed by atoms with Crippen molar-refractivity contribution in [3.05, 3.63) is 30.1 Å². The molecule has 3 rings (SSSR count). The second-order valence-electron chi connectivity index (χ2n) is 6.60. The van der Waals surface area contributed by atoms with Crippen LogP contribution >= 0.6 is 0 Å². The van der Waals surface area contributed by atoms with Crippen LogP contribution in [0.3, 0.4) is 0 Å². The predicted octanol–water partition coefficient (Wildman–Crippen LogP) is 1.71. The number of rotatable bonds is 4. The van der Waals surface area contributed by atoms with Crippen molar-refractivity contribution in [1.29, 1.82) is 0 Å². The van der Waals surface area contributed by atoms with E-state index in [0.717, 1.165) is 37.4 Å². The predicted molar refractivity (Wildman–Crippen MR) is 92.1 cm³/mol. The van der Waals surface area contributed by atoms with Gasteiger partial charge in [-0.25, -0.2) is 4.68 Å². The third kappa shape index (κ3) is 3.72. The van der Waals surface area contributed by atoms with E-state index < -0.39 is 0 Å². The third-order valence-electron chi connectivity index (χ3n) is 4.21. The van der Waals surface area contributed by atoms with E-state index in [1.807, 2.05) is 45.2 Å². The lowest BCUT2D eigenvalue weighted by Crippen LogP contribution is -2.49. The van der Waals surface area contributed by atoms with E-state index in [0.29, 0.717) is 5.82 Å². The molecule has 1 saturated heterocycles.